The van der Waals surface area contributed by atoms with E-state index in [2.05, 4.69) is 9.97 Å². The maximum Gasteiger partial charge on any atom is 0.241 e. The first-order valence-electron chi connectivity index (χ1n) is 5.35. The van der Waals surface area contributed by atoms with Crippen molar-refractivity contribution in [2.24, 2.45) is 0 Å². The molecule has 2 N–H and O–H groups in total. The van der Waals surface area contributed by atoms with Crippen molar-refractivity contribution in [2.45, 2.75) is 13.8 Å². The van der Waals surface area contributed by atoms with Gasteiger partial charge in [-0.2, -0.15) is 0 Å². The maximum atomic E-state index is 11.6. The Morgan fingerprint density at radius 1 is 1.24 bits per heavy atom. The van der Waals surface area contributed by atoms with Crippen molar-refractivity contribution < 1.29 is 4.79 Å². The lowest BCUT2D eigenvalue weighted by atomic mass is 10.3. The van der Waals surface area contributed by atoms with E-state index in [-0.39, 0.29) is 12.5 Å². The van der Waals surface area contributed by atoms with Gasteiger partial charge < -0.3 is 15.5 Å². The van der Waals surface area contributed by atoms with Gasteiger partial charge in [-0.25, -0.2) is 9.97 Å². The van der Waals surface area contributed by atoms with Gasteiger partial charge in [-0.3, -0.25) is 4.79 Å². The first kappa shape index (κ1) is 13.2. The Balaban J connectivity index is 2.96. The molecule has 0 aliphatic heterocycles. The van der Waals surface area contributed by atoms with Crippen molar-refractivity contribution in [3.63, 3.8) is 0 Å². The summed E-state index contributed by atoms with van der Waals surface area (Å²) in [6.45, 7) is 3.89. The highest BCUT2D eigenvalue weighted by Crippen LogP contribution is 2.20. The fourth-order valence-corrected chi connectivity index (χ4v) is 1.43. The molecule has 0 spiro atoms. The highest BCUT2D eigenvalue weighted by atomic mass is 16.2. The molecule has 6 nitrogen and oxygen atoms in total. The van der Waals surface area contributed by atoms with Gasteiger partial charge in [-0.1, -0.05) is 0 Å². The van der Waals surface area contributed by atoms with Crippen molar-refractivity contribution in [1.82, 2.24) is 14.9 Å². The molecule has 6 heteroatoms. The van der Waals surface area contributed by atoms with Crippen LogP contribution in [0.1, 0.15) is 11.4 Å². The molecule has 17 heavy (non-hydrogen) atoms. The zero-order valence-electron chi connectivity index (χ0n) is 11.0. The van der Waals surface area contributed by atoms with Crippen LogP contribution in [-0.2, 0) is 4.79 Å². The van der Waals surface area contributed by atoms with E-state index in [1.807, 2.05) is 14.0 Å². The number of carbonyl (C=O) groups is 1. The molecule has 1 rings (SSSR count). The standard InChI is InChI=1S/C11H19N5O/c1-7-10(12)13-8(2)14-11(7)16(5)6-9(17)15(3)4/h6H2,1-5H3,(H2,12,13,14). The van der Waals surface area contributed by atoms with Gasteiger partial charge in [0.05, 0.1) is 6.54 Å². The minimum atomic E-state index is 0.0155. The van der Waals surface area contributed by atoms with Crippen LogP contribution in [0.4, 0.5) is 11.6 Å². The second kappa shape index (κ2) is 4.99. The SMILES string of the molecule is Cc1nc(N)c(C)c(N(C)CC(=O)N(C)C)n1. The first-order chi connectivity index (χ1) is 7.82. The van der Waals surface area contributed by atoms with Crippen LogP contribution in [0.5, 0.6) is 0 Å². The van der Waals surface area contributed by atoms with Crippen molar-refractivity contribution in [3.8, 4) is 0 Å². The Labute approximate surface area is 101 Å². The van der Waals surface area contributed by atoms with E-state index in [9.17, 15) is 4.79 Å². The third-order valence-electron chi connectivity index (χ3n) is 2.50. The smallest absolute Gasteiger partial charge is 0.241 e. The molecule has 0 radical (unpaired) electrons. The van der Waals surface area contributed by atoms with Gasteiger partial charge in [0.15, 0.2) is 0 Å². The number of nitrogen functional groups attached to an aromatic ring is 1. The highest BCUT2D eigenvalue weighted by molar-refractivity contribution is 5.81. The van der Waals surface area contributed by atoms with Crippen LogP contribution in [0.15, 0.2) is 0 Å². The number of anilines is 2. The summed E-state index contributed by atoms with van der Waals surface area (Å²) in [5, 5.41) is 0. The predicted octanol–water partition coefficient (Wildman–Crippen LogP) is 0.200. The van der Waals surface area contributed by atoms with E-state index in [0.29, 0.717) is 17.5 Å². The van der Waals surface area contributed by atoms with Crippen molar-refractivity contribution >= 4 is 17.5 Å². The number of likely N-dealkylation sites (N-methyl/N-ethyl adjacent to an activating group) is 2. The zero-order valence-corrected chi connectivity index (χ0v) is 11.0. The number of nitrogens with two attached hydrogens (primary N) is 1. The Kier molecular flexibility index (Phi) is 3.88. The van der Waals surface area contributed by atoms with Gasteiger partial charge in [-0.15, -0.1) is 0 Å². The lowest BCUT2D eigenvalue weighted by Crippen LogP contribution is -2.35. The molecule has 1 amide bonds. The summed E-state index contributed by atoms with van der Waals surface area (Å²) in [6, 6.07) is 0. The van der Waals surface area contributed by atoms with Crippen molar-refractivity contribution in [2.75, 3.05) is 38.3 Å². The fraction of sp³-hybridized carbons (Fsp3) is 0.545. The summed E-state index contributed by atoms with van der Waals surface area (Å²) in [4.78, 5) is 23.3. The second-order valence-electron chi connectivity index (χ2n) is 4.25. The monoisotopic (exact) mass is 237 g/mol. The molecule has 0 fully saturated rings. The van der Waals surface area contributed by atoms with Crippen LogP contribution >= 0.6 is 0 Å². The van der Waals surface area contributed by atoms with Gasteiger partial charge in [0, 0.05) is 26.7 Å². The molecule has 94 valence electrons. The Bertz CT molecular complexity index is 430. The minimum absolute atomic E-state index is 0.0155. The molecule has 1 aromatic rings. The summed E-state index contributed by atoms with van der Waals surface area (Å²) in [7, 11) is 5.26. The normalized spacial score (nSPS) is 10.2. The van der Waals surface area contributed by atoms with Crippen LogP contribution in [0.3, 0.4) is 0 Å². The summed E-state index contributed by atoms with van der Waals surface area (Å²) in [6.07, 6.45) is 0. The summed E-state index contributed by atoms with van der Waals surface area (Å²) in [5.74, 6) is 1.77. The van der Waals surface area contributed by atoms with Crippen LogP contribution < -0.4 is 10.6 Å². The second-order valence-corrected chi connectivity index (χ2v) is 4.25. The van der Waals surface area contributed by atoms with E-state index in [0.717, 1.165) is 5.56 Å². The number of amides is 1. The number of nitrogens with zero attached hydrogens (tertiary/aromatic N) is 4. The van der Waals surface area contributed by atoms with Crippen LogP contribution in [0.25, 0.3) is 0 Å². The molecule has 0 atom stereocenters. The molecular formula is C11H19N5O. The molecule has 0 saturated heterocycles. The molecule has 1 aromatic heterocycles. The Morgan fingerprint density at radius 3 is 2.35 bits per heavy atom. The first-order valence-corrected chi connectivity index (χ1v) is 5.35. The average molecular weight is 237 g/mol. The summed E-state index contributed by atoms with van der Waals surface area (Å²) < 4.78 is 0. The van der Waals surface area contributed by atoms with E-state index >= 15 is 0 Å². The molecule has 0 aliphatic carbocycles. The maximum absolute atomic E-state index is 11.6. The number of aryl methyl sites for hydroxylation is 1. The van der Waals surface area contributed by atoms with E-state index < -0.39 is 0 Å². The third kappa shape index (κ3) is 3.05. The fourth-order valence-electron chi connectivity index (χ4n) is 1.43. The minimum Gasteiger partial charge on any atom is -0.383 e. The number of carbonyl (C=O) groups excluding carboxylic acids is 1. The van der Waals surface area contributed by atoms with Crippen LogP contribution in [-0.4, -0.2) is 48.5 Å². The van der Waals surface area contributed by atoms with Gasteiger partial charge in [0.25, 0.3) is 0 Å². The van der Waals surface area contributed by atoms with Gasteiger partial charge >= 0.3 is 0 Å². The zero-order chi connectivity index (χ0) is 13.2. The summed E-state index contributed by atoms with van der Waals surface area (Å²) in [5.41, 5.74) is 6.57. The van der Waals surface area contributed by atoms with E-state index in [4.69, 9.17) is 5.73 Å². The quantitative estimate of drug-likeness (QED) is 0.812. The summed E-state index contributed by atoms with van der Waals surface area (Å²) >= 11 is 0. The highest BCUT2D eigenvalue weighted by Gasteiger charge is 2.14. The molecule has 0 aromatic carbocycles. The topological polar surface area (TPSA) is 75.3 Å². The van der Waals surface area contributed by atoms with Crippen LogP contribution in [0, 0.1) is 13.8 Å². The number of rotatable bonds is 3. The predicted molar refractivity (Wildman–Crippen MR) is 67.9 cm³/mol. The molecule has 0 aliphatic rings. The Morgan fingerprint density at radius 2 is 1.82 bits per heavy atom. The number of hydrogen-bond acceptors (Lipinski definition) is 5. The van der Waals surface area contributed by atoms with E-state index in [1.165, 1.54) is 0 Å². The van der Waals surface area contributed by atoms with Gasteiger partial charge in [-0.05, 0) is 13.8 Å². The van der Waals surface area contributed by atoms with Crippen LogP contribution in [0.2, 0.25) is 0 Å². The van der Waals surface area contributed by atoms with Gasteiger partial charge in [0.2, 0.25) is 5.91 Å². The van der Waals surface area contributed by atoms with Crippen molar-refractivity contribution in [3.05, 3.63) is 11.4 Å². The largest absolute Gasteiger partial charge is 0.383 e. The van der Waals surface area contributed by atoms with Crippen molar-refractivity contribution in [1.29, 1.82) is 0 Å². The molecule has 0 bridgehead atoms. The Hall–Kier alpha value is -1.85. The number of aromatic nitrogens is 2. The number of hydrogen-bond donors (Lipinski definition) is 1. The third-order valence-corrected chi connectivity index (χ3v) is 2.50. The molecule has 0 saturated carbocycles. The lowest BCUT2D eigenvalue weighted by Gasteiger charge is -2.22. The lowest BCUT2D eigenvalue weighted by molar-refractivity contribution is -0.127. The average Bonchev–Trinajstić information content (AvgIpc) is 2.22. The molecule has 1 heterocycles. The molecular weight excluding hydrogens is 218 g/mol. The van der Waals surface area contributed by atoms with Gasteiger partial charge in [0.1, 0.15) is 17.5 Å². The molecule has 0 unspecified atom stereocenters. The van der Waals surface area contributed by atoms with E-state index in [1.54, 1.807) is 30.8 Å².